The van der Waals surface area contributed by atoms with Crippen molar-refractivity contribution in [3.8, 4) is 0 Å². The molecule has 0 fully saturated rings. The van der Waals surface area contributed by atoms with E-state index in [0.717, 1.165) is 0 Å². The van der Waals surface area contributed by atoms with Crippen LogP contribution in [0.4, 0.5) is 0 Å². The molecule has 0 aromatic heterocycles. The first-order chi connectivity index (χ1) is 0. The Morgan fingerprint density at radius 1 is 0.500 bits per heavy atom. The second kappa shape index (κ2) is 18.8. The van der Waals surface area contributed by atoms with Gasteiger partial charge in [0, 0.05) is 72.1 Å². The molecule has 0 aromatic rings. The van der Waals surface area contributed by atoms with E-state index in [0.29, 0.717) is 0 Å². The Kier molecular flexibility index (Phi) is 161. The molecule has 4 heteroatoms. The van der Waals surface area contributed by atoms with Gasteiger partial charge in [0.1, 0.15) is 0 Å². The Labute approximate surface area is 71.3 Å². The maximum absolute atomic E-state index is 0. The molecule has 0 saturated carbocycles. The second-order valence-electron chi connectivity index (χ2n) is 0. The van der Waals surface area contributed by atoms with E-state index in [-0.39, 0.29) is 72.1 Å². The molecule has 0 aromatic carbocycles. The van der Waals surface area contributed by atoms with E-state index < -0.39 is 0 Å². The molecule has 3 radical (unpaired) electrons. The molecule has 0 spiro atoms. The molecule has 0 atom stereocenters. The molecule has 0 aliphatic carbocycles. The minimum Gasteiger partial charge on any atom is 0 e. The van der Waals surface area contributed by atoms with E-state index in [2.05, 4.69) is 0 Å². The molecule has 0 N–H and O–H groups in total. The fourth-order valence-electron chi connectivity index (χ4n) is 0. The van der Waals surface area contributed by atoms with Crippen LogP contribution in [0, 0.1) is 0 Å². The Hall–Kier alpha value is 2.23. The molecule has 4 heavy (non-hydrogen) atoms. The van der Waals surface area contributed by atoms with E-state index >= 15 is 0 Å². The Bertz CT molecular complexity index is 3.25. The van der Waals surface area contributed by atoms with Crippen LogP contribution < -0.4 is 0 Å². The quantitative estimate of drug-likeness (QED) is 0.508. The van der Waals surface area contributed by atoms with E-state index in [1.54, 1.807) is 0 Å². The summed E-state index contributed by atoms with van der Waals surface area (Å²) < 4.78 is 0. The van der Waals surface area contributed by atoms with Crippen molar-refractivity contribution in [2.75, 3.05) is 0 Å². The van der Waals surface area contributed by atoms with Crippen molar-refractivity contribution < 1.29 is 72.1 Å². The first kappa shape index (κ1) is 34.2. The molecule has 0 aliphatic rings. The van der Waals surface area contributed by atoms with Crippen LogP contribution in [-0.2, 0) is 72.1 Å². The van der Waals surface area contributed by atoms with E-state index in [9.17, 15) is 0 Å². The molecule has 0 saturated heterocycles. The Morgan fingerprint density at radius 3 is 0.500 bits per heavy atom. The zero-order valence-corrected chi connectivity index (χ0v) is 6.18. The van der Waals surface area contributed by atoms with E-state index in [1.165, 1.54) is 0 Å². The van der Waals surface area contributed by atoms with Crippen LogP contribution in [0.5, 0.6) is 0 Å². The number of rotatable bonds is 0. The average molecular weight is 225 g/mol. The third kappa shape index (κ3) is 8.87. The first-order valence-electron chi connectivity index (χ1n) is 0. The predicted octanol–water partition coefficient (Wildman–Crippen LogP) is -0.0100. The summed E-state index contributed by atoms with van der Waals surface area (Å²) in [5.74, 6) is 0. The van der Waals surface area contributed by atoms with E-state index in [4.69, 9.17) is 0 Å². The molecule has 0 heterocycles. The van der Waals surface area contributed by atoms with Crippen LogP contribution >= 0.6 is 0 Å². The van der Waals surface area contributed by atoms with Gasteiger partial charge in [-0.05, 0) is 0 Å². The van der Waals surface area contributed by atoms with Crippen LogP contribution in [-0.4, -0.2) is 0 Å². The van der Waals surface area contributed by atoms with Crippen molar-refractivity contribution >= 4 is 0 Å². The summed E-state index contributed by atoms with van der Waals surface area (Å²) in [5.41, 5.74) is 0. The van der Waals surface area contributed by atoms with Gasteiger partial charge in [0.2, 0.25) is 0 Å². The van der Waals surface area contributed by atoms with Crippen molar-refractivity contribution in [2.24, 2.45) is 0 Å². The summed E-state index contributed by atoms with van der Waals surface area (Å²) in [6.07, 6.45) is 0. The first-order valence-corrected chi connectivity index (χ1v) is 0. The molecular weight excluding hydrogens is 225 g/mol. The summed E-state index contributed by atoms with van der Waals surface area (Å²) in [6, 6.07) is 0. The third-order valence-corrected chi connectivity index (χ3v) is 0. The van der Waals surface area contributed by atoms with Crippen LogP contribution in [0.15, 0.2) is 0 Å². The van der Waals surface area contributed by atoms with Crippen molar-refractivity contribution in [3.63, 3.8) is 0 Å². The monoisotopic (exact) mass is 225 g/mol. The zero-order valence-electron chi connectivity index (χ0n) is 1.50. The standard InChI is InChI=1S/3Co.Ti. The van der Waals surface area contributed by atoms with Gasteiger partial charge in [-0.2, -0.15) is 0 Å². The fraction of sp³-hybridized carbons (Fsp3) is 0. The minimum absolute atomic E-state index is 0. The molecule has 31 valence electrons. The molecule has 0 bridgehead atoms. The van der Waals surface area contributed by atoms with Crippen molar-refractivity contribution in [1.29, 1.82) is 0 Å². The van der Waals surface area contributed by atoms with Crippen molar-refractivity contribution in [1.82, 2.24) is 0 Å². The van der Waals surface area contributed by atoms with Crippen molar-refractivity contribution in [2.45, 2.75) is 0 Å². The van der Waals surface area contributed by atoms with Gasteiger partial charge in [0.05, 0.1) is 0 Å². The summed E-state index contributed by atoms with van der Waals surface area (Å²) in [4.78, 5) is 0. The van der Waals surface area contributed by atoms with Gasteiger partial charge in [-0.3, -0.25) is 0 Å². The molecule has 0 nitrogen and oxygen atoms in total. The van der Waals surface area contributed by atoms with Gasteiger partial charge in [-0.25, -0.2) is 0 Å². The zero-order chi connectivity index (χ0) is 0. The van der Waals surface area contributed by atoms with Crippen LogP contribution in [0.3, 0.4) is 0 Å². The van der Waals surface area contributed by atoms with Gasteiger partial charge in [0.15, 0.2) is 0 Å². The topological polar surface area (TPSA) is 0 Å². The van der Waals surface area contributed by atoms with Gasteiger partial charge >= 0.3 is 0 Å². The Balaban J connectivity index is 0. The average Bonchev–Trinajstić information content (AvgIpc) is 0. The second-order valence-corrected chi connectivity index (χ2v) is 0. The van der Waals surface area contributed by atoms with Gasteiger partial charge in [-0.1, -0.05) is 0 Å². The maximum Gasteiger partial charge on any atom is 0 e. The van der Waals surface area contributed by atoms with Crippen molar-refractivity contribution in [3.05, 3.63) is 0 Å². The summed E-state index contributed by atoms with van der Waals surface area (Å²) in [7, 11) is 0. The van der Waals surface area contributed by atoms with Crippen LogP contribution in [0.25, 0.3) is 0 Å². The van der Waals surface area contributed by atoms with E-state index in [1.807, 2.05) is 0 Å². The number of hydrogen-bond acceptors (Lipinski definition) is 0. The smallest absolute Gasteiger partial charge is 0 e. The summed E-state index contributed by atoms with van der Waals surface area (Å²) in [5, 5.41) is 0. The molecule has 0 aliphatic heterocycles. The third-order valence-electron chi connectivity index (χ3n) is 0. The minimum atomic E-state index is 0. The van der Waals surface area contributed by atoms with Crippen LogP contribution in [0.2, 0.25) is 0 Å². The largest absolute Gasteiger partial charge is 0 e. The number of hydrogen-bond donors (Lipinski definition) is 0. The molecule has 0 amide bonds. The molecular formula is Co3Ti. The fourth-order valence-corrected chi connectivity index (χ4v) is 0. The molecule has 0 unspecified atom stereocenters. The maximum atomic E-state index is 0. The predicted molar refractivity (Wildman–Crippen MR) is 0 cm³/mol. The summed E-state index contributed by atoms with van der Waals surface area (Å²) >= 11 is 0. The van der Waals surface area contributed by atoms with Gasteiger partial charge in [-0.15, -0.1) is 0 Å². The molecule has 0 rings (SSSR count). The van der Waals surface area contributed by atoms with Gasteiger partial charge < -0.3 is 0 Å². The van der Waals surface area contributed by atoms with Crippen LogP contribution in [0.1, 0.15) is 0 Å². The normalized spacial score (nSPS) is 0. The summed E-state index contributed by atoms with van der Waals surface area (Å²) in [6.45, 7) is 0. The van der Waals surface area contributed by atoms with Gasteiger partial charge in [0.25, 0.3) is 0 Å². The Morgan fingerprint density at radius 2 is 0.500 bits per heavy atom. The SMILES string of the molecule is [Co].[Co].[Co].[Ti].